The van der Waals surface area contributed by atoms with Crippen LogP contribution in [0.5, 0.6) is 5.75 Å². The Morgan fingerprint density at radius 3 is 2.80 bits per heavy atom. The number of fused-ring (bicyclic) bond motifs is 5. The predicted octanol–water partition coefficient (Wildman–Crippen LogP) is 3.64. The highest BCUT2D eigenvalue weighted by atomic mass is 16.3. The third-order valence-electron chi connectivity index (χ3n) is 4.70. The van der Waals surface area contributed by atoms with Gasteiger partial charge in [-0.25, -0.2) is 0 Å². The molecule has 0 radical (unpaired) electrons. The zero-order valence-corrected chi connectivity index (χ0v) is 11.0. The first kappa shape index (κ1) is 11.6. The van der Waals surface area contributed by atoms with Crippen LogP contribution in [0, 0.1) is 5.92 Å². The molecule has 3 aliphatic carbocycles. The molecule has 3 aliphatic rings. The summed E-state index contributed by atoms with van der Waals surface area (Å²) in [6.45, 7) is 0. The minimum atomic E-state index is -0.0105. The molecule has 3 nitrogen and oxygen atoms in total. The van der Waals surface area contributed by atoms with Gasteiger partial charge in [-0.1, -0.05) is 12.1 Å². The molecular weight excluding hydrogens is 252 g/mol. The summed E-state index contributed by atoms with van der Waals surface area (Å²) in [5.74, 6) is 1.05. The molecule has 4 rings (SSSR count). The van der Waals surface area contributed by atoms with Gasteiger partial charge in [0.1, 0.15) is 11.5 Å². The zero-order valence-electron chi connectivity index (χ0n) is 11.0. The van der Waals surface area contributed by atoms with Gasteiger partial charge in [-0.15, -0.1) is 0 Å². The monoisotopic (exact) mass is 268 g/mol. The fourth-order valence-electron chi connectivity index (χ4n) is 3.81. The van der Waals surface area contributed by atoms with Crippen LogP contribution >= 0.6 is 0 Å². The van der Waals surface area contributed by atoms with Crippen LogP contribution in [-0.4, -0.2) is 15.3 Å². The second kappa shape index (κ2) is 3.92. The standard InChI is InChI=1S/C17H16O3/c18-12-3-4-13-9(6-12)1-2-10-5-11-7-15(19)16(20)8-14(11)17(10)13/h3-6,8,10,17-20H,1-2,7H2/t10-,17-/m1/s1. The number of phenolic OH excluding ortho intramolecular Hbond substituents is 1. The van der Waals surface area contributed by atoms with Gasteiger partial charge in [0.25, 0.3) is 0 Å². The van der Waals surface area contributed by atoms with Gasteiger partial charge in [0.15, 0.2) is 5.76 Å². The number of rotatable bonds is 0. The third kappa shape index (κ3) is 1.52. The molecule has 0 saturated carbocycles. The number of allylic oxidation sites excluding steroid dienone is 4. The van der Waals surface area contributed by atoms with E-state index in [1.165, 1.54) is 11.1 Å². The van der Waals surface area contributed by atoms with E-state index < -0.39 is 0 Å². The molecular formula is C17H16O3. The lowest BCUT2D eigenvalue weighted by Gasteiger charge is -2.30. The lowest BCUT2D eigenvalue weighted by molar-refractivity contribution is 0.325. The van der Waals surface area contributed by atoms with Crippen LogP contribution in [0.15, 0.2) is 53.0 Å². The van der Waals surface area contributed by atoms with Gasteiger partial charge in [0, 0.05) is 12.3 Å². The van der Waals surface area contributed by atoms with E-state index in [-0.39, 0.29) is 17.4 Å². The van der Waals surface area contributed by atoms with Crippen molar-refractivity contribution in [3.63, 3.8) is 0 Å². The third-order valence-corrected chi connectivity index (χ3v) is 4.70. The van der Waals surface area contributed by atoms with E-state index in [0.29, 0.717) is 18.1 Å². The van der Waals surface area contributed by atoms with Crippen LogP contribution in [0.3, 0.4) is 0 Å². The molecule has 1 aromatic carbocycles. The number of hydrogen-bond donors (Lipinski definition) is 3. The fraction of sp³-hybridized carbons (Fsp3) is 0.294. The summed E-state index contributed by atoms with van der Waals surface area (Å²) in [6, 6.07) is 5.57. The maximum Gasteiger partial charge on any atom is 0.153 e. The van der Waals surface area contributed by atoms with Crippen molar-refractivity contribution in [3.05, 3.63) is 64.1 Å². The van der Waals surface area contributed by atoms with E-state index >= 15 is 0 Å². The van der Waals surface area contributed by atoms with E-state index in [4.69, 9.17) is 0 Å². The van der Waals surface area contributed by atoms with Crippen molar-refractivity contribution in [2.75, 3.05) is 0 Å². The van der Waals surface area contributed by atoms with Crippen molar-refractivity contribution >= 4 is 0 Å². The highest BCUT2D eigenvalue weighted by molar-refractivity contribution is 5.57. The Morgan fingerprint density at radius 1 is 1.10 bits per heavy atom. The predicted molar refractivity (Wildman–Crippen MR) is 75.7 cm³/mol. The van der Waals surface area contributed by atoms with Gasteiger partial charge >= 0.3 is 0 Å². The summed E-state index contributed by atoms with van der Waals surface area (Å²) in [5.41, 5.74) is 4.69. The largest absolute Gasteiger partial charge is 0.508 e. The molecule has 2 atom stereocenters. The first-order valence-electron chi connectivity index (χ1n) is 6.99. The number of aryl methyl sites for hydroxylation is 1. The fourth-order valence-corrected chi connectivity index (χ4v) is 3.81. The topological polar surface area (TPSA) is 60.7 Å². The van der Waals surface area contributed by atoms with Gasteiger partial charge < -0.3 is 15.3 Å². The maximum atomic E-state index is 9.79. The molecule has 0 aromatic heterocycles. The lowest BCUT2D eigenvalue weighted by atomic mass is 9.74. The minimum absolute atomic E-state index is 0.0105. The summed E-state index contributed by atoms with van der Waals surface area (Å²) in [6.07, 6.45) is 6.39. The van der Waals surface area contributed by atoms with Gasteiger partial charge in [0.2, 0.25) is 0 Å². The van der Waals surface area contributed by atoms with Crippen molar-refractivity contribution in [3.8, 4) is 5.75 Å². The number of benzene rings is 1. The Morgan fingerprint density at radius 2 is 1.95 bits per heavy atom. The maximum absolute atomic E-state index is 9.79. The van der Waals surface area contributed by atoms with Crippen LogP contribution in [0.25, 0.3) is 0 Å². The molecule has 0 heterocycles. The van der Waals surface area contributed by atoms with Crippen molar-refractivity contribution in [1.29, 1.82) is 0 Å². The Labute approximate surface area is 117 Å². The highest BCUT2D eigenvalue weighted by Gasteiger charge is 2.39. The number of aliphatic hydroxyl groups is 2. The summed E-state index contributed by atoms with van der Waals surface area (Å²) < 4.78 is 0. The summed E-state index contributed by atoms with van der Waals surface area (Å²) in [4.78, 5) is 0. The smallest absolute Gasteiger partial charge is 0.153 e. The van der Waals surface area contributed by atoms with Gasteiger partial charge in [-0.2, -0.15) is 0 Å². The molecule has 0 fully saturated rings. The molecule has 3 N–H and O–H groups in total. The van der Waals surface area contributed by atoms with E-state index in [2.05, 4.69) is 6.08 Å². The summed E-state index contributed by atoms with van der Waals surface area (Å²) in [7, 11) is 0. The Bertz CT molecular complexity index is 694. The van der Waals surface area contributed by atoms with Gasteiger partial charge in [-0.3, -0.25) is 0 Å². The average molecular weight is 268 g/mol. The first-order valence-corrected chi connectivity index (χ1v) is 6.99. The SMILES string of the molecule is OC1=C(O)CC2=C[C@H]3CCc4cc(O)ccc4[C@@H]3C2=C1. The number of aromatic hydroxyl groups is 1. The van der Waals surface area contributed by atoms with Crippen molar-refractivity contribution in [2.45, 2.75) is 25.2 Å². The Balaban J connectivity index is 1.85. The molecule has 3 heteroatoms. The summed E-state index contributed by atoms with van der Waals surface area (Å²) in [5, 5.41) is 29.1. The molecule has 0 unspecified atom stereocenters. The first-order chi connectivity index (χ1) is 9.63. The normalized spacial score (nSPS) is 27.4. The number of phenols is 1. The Hall–Kier alpha value is -2.16. The molecule has 0 saturated heterocycles. The second-order valence-electron chi connectivity index (χ2n) is 5.86. The molecule has 0 bridgehead atoms. The van der Waals surface area contributed by atoms with E-state index in [0.717, 1.165) is 24.0 Å². The van der Waals surface area contributed by atoms with Gasteiger partial charge in [0.05, 0.1) is 0 Å². The van der Waals surface area contributed by atoms with Crippen molar-refractivity contribution in [1.82, 2.24) is 0 Å². The number of hydrogen-bond acceptors (Lipinski definition) is 3. The molecule has 0 spiro atoms. The summed E-state index contributed by atoms with van der Waals surface area (Å²) >= 11 is 0. The number of aliphatic hydroxyl groups excluding tert-OH is 2. The van der Waals surface area contributed by atoms with Crippen LogP contribution < -0.4 is 0 Å². The Kier molecular flexibility index (Phi) is 2.28. The molecule has 0 aliphatic heterocycles. The highest BCUT2D eigenvalue weighted by Crippen LogP contribution is 2.52. The van der Waals surface area contributed by atoms with Crippen molar-refractivity contribution in [2.24, 2.45) is 5.92 Å². The average Bonchev–Trinajstić information content (AvgIpc) is 2.77. The van der Waals surface area contributed by atoms with E-state index in [1.54, 1.807) is 12.1 Å². The van der Waals surface area contributed by atoms with Crippen LogP contribution in [0.1, 0.15) is 29.9 Å². The minimum Gasteiger partial charge on any atom is -0.508 e. The van der Waals surface area contributed by atoms with E-state index in [9.17, 15) is 15.3 Å². The molecule has 102 valence electrons. The van der Waals surface area contributed by atoms with Gasteiger partial charge in [-0.05, 0) is 59.2 Å². The second-order valence-corrected chi connectivity index (χ2v) is 5.86. The van der Waals surface area contributed by atoms with E-state index in [1.807, 2.05) is 12.1 Å². The van der Waals surface area contributed by atoms with Crippen LogP contribution in [-0.2, 0) is 6.42 Å². The molecule has 1 aromatic rings. The zero-order chi connectivity index (χ0) is 13.9. The molecule has 20 heavy (non-hydrogen) atoms. The quantitative estimate of drug-likeness (QED) is 0.673. The van der Waals surface area contributed by atoms with Crippen LogP contribution in [0.4, 0.5) is 0 Å². The molecule has 0 amide bonds. The van der Waals surface area contributed by atoms with Crippen molar-refractivity contribution < 1.29 is 15.3 Å². The van der Waals surface area contributed by atoms with Crippen LogP contribution in [0.2, 0.25) is 0 Å². The lowest BCUT2D eigenvalue weighted by Crippen LogP contribution is -2.18.